The molecule has 0 spiro atoms. The Hall–Kier alpha value is -3.13. The number of amides is 1. The number of nitrogens with one attached hydrogen (secondary N) is 3. The number of methoxy groups -OCH3 is 1. The van der Waals surface area contributed by atoms with Crippen LogP contribution in [0.4, 0.5) is 5.69 Å². The molecule has 3 N–H and O–H groups in total. The maximum absolute atomic E-state index is 12.3. The molecule has 0 bridgehead atoms. The van der Waals surface area contributed by atoms with E-state index in [1.165, 1.54) is 0 Å². The number of hydrogen-bond donors (Lipinski definition) is 3. The Morgan fingerprint density at radius 1 is 1.41 bits per heavy atom. The van der Waals surface area contributed by atoms with Crippen molar-refractivity contribution in [3.05, 3.63) is 53.1 Å². The second kappa shape index (κ2) is 9.88. The predicted octanol–water partition coefficient (Wildman–Crippen LogP) is 1.62. The van der Waals surface area contributed by atoms with E-state index in [9.17, 15) is 9.59 Å². The first-order valence-electron chi connectivity index (χ1n) is 9.70. The molecule has 154 valence electrons. The minimum absolute atomic E-state index is 0.00158. The number of carbonyl (C=O) groups excluding carboxylic acids is 1. The van der Waals surface area contributed by atoms with Crippen molar-refractivity contribution in [3.8, 4) is 17.0 Å². The molecule has 2 aromatic heterocycles. The van der Waals surface area contributed by atoms with Gasteiger partial charge in [-0.15, -0.1) is 0 Å². The van der Waals surface area contributed by atoms with E-state index in [1.807, 2.05) is 36.2 Å². The highest BCUT2D eigenvalue weighted by atomic mass is 16.5. The van der Waals surface area contributed by atoms with Gasteiger partial charge in [-0.1, -0.05) is 6.08 Å². The lowest BCUT2D eigenvalue weighted by molar-refractivity contribution is -0.127. The Morgan fingerprint density at radius 3 is 3.07 bits per heavy atom. The van der Waals surface area contributed by atoms with Crippen molar-refractivity contribution in [1.82, 2.24) is 20.2 Å². The molecule has 0 saturated carbocycles. The van der Waals surface area contributed by atoms with Gasteiger partial charge in [0.05, 0.1) is 7.11 Å². The summed E-state index contributed by atoms with van der Waals surface area (Å²) in [6.45, 7) is 1.95. The zero-order valence-electron chi connectivity index (χ0n) is 16.8. The van der Waals surface area contributed by atoms with Crippen LogP contribution in [-0.4, -0.2) is 60.6 Å². The van der Waals surface area contributed by atoms with Crippen molar-refractivity contribution in [3.63, 3.8) is 0 Å². The van der Waals surface area contributed by atoms with Gasteiger partial charge in [0.25, 0.3) is 5.56 Å². The SMILES string of the molecule is CNCC=CC(=O)N1CCC[C@H](Nc2cc(-c3ccnc(OC)c3)c[nH]c2=O)C1. The number of piperidine rings is 1. The van der Waals surface area contributed by atoms with Gasteiger partial charge in [0, 0.05) is 55.8 Å². The van der Waals surface area contributed by atoms with Crippen molar-refractivity contribution in [2.45, 2.75) is 18.9 Å². The molecule has 3 rings (SSSR count). The van der Waals surface area contributed by atoms with E-state index < -0.39 is 0 Å². The first-order valence-corrected chi connectivity index (χ1v) is 9.70. The van der Waals surface area contributed by atoms with Crippen LogP contribution >= 0.6 is 0 Å². The summed E-state index contributed by atoms with van der Waals surface area (Å²) in [5, 5.41) is 6.30. The lowest BCUT2D eigenvalue weighted by Gasteiger charge is -2.33. The van der Waals surface area contributed by atoms with Crippen LogP contribution in [0, 0.1) is 0 Å². The van der Waals surface area contributed by atoms with Crippen LogP contribution in [0.3, 0.4) is 0 Å². The number of carbonyl (C=O) groups is 1. The largest absolute Gasteiger partial charge is 0.481 e. The number of H-pyrrole nitrogens is 1. The van der Waals surface area contributed by atoms with E-state index in [4.69, 9.17) is 4.74 Å². The predicted molar refractivity (Wildman–Crippen MR) is 113 cm³/mol. The zero-order valence-corrected chi connectivity index (χ0v) is 16.8. The fourth-order valence-corrected chi connectivity index (χ4v) is 3.36. The molecule has 0 aromatic carbocycles. The Kier molecular flexibility index (Phi) is 7.02. The molecule has 0 radical (unpaired) electrons. The molecule has 1 amide bonds. The Labute approximate surface area is 170 Å². The topological polar surface area (TPSA) is 99.3 Å². The smallest absolute Gasteiger partial charge is 0.271 e. The van der Waals surface area contributed by atoms with Crippen LogP contribution in [0.15, 0.2) is 47.5 Å². The average Bonchev–Trinajstić information content (AvgIpc) is 2.75. The third kappa shape index (κ3) is 5.45. The number of likely N-dealkylation sites (N-methyl/N-ethyl adjacent to an activating group) is 1. The van der Waals surface area contributed by atoms with Gasteiger partial charge < -0.3 is 25.3 Å². The van der Waals surface area contributed by atoms with E-state index in [2.05, 4.69) is 20.6 Å². The Morgan fingerprint density at radius 2 is 2.28 bits per heavy atom. The number of aromatic amines is 1. The van der Waals surface area contributed by atoms with Crippen molar-refractivity contribution in [2.24, 2.45) is 0 Å². The first kappa shape index (κ1) is 20.6. The molecule has 1 atom stereocenters. The second-order valence-electron chi connectivity index (χ2n) is 6.95. The van der Waals surface area contributed by atoms with Crippen LogP contribution in [-0.2, 0) is 4.79 Å². The van der Waals surface area contributed by atoms with Crippen molar-refractivity contribution in [2.75, 3.05) is 39.1 Å². The van der Waals surface area contributed by atoms with Gasteiger partial charge in [-0.2, -0.15) is 0 Å². The number of ether oxygens (including phenoxy) is 1. The minimum Gasteiger partial charge on any atom is -0.481 e. The summed E-state index contributed by atoms with van der Waals surface area (Å²) >= 11 is 0. The van der Waals surface area contributed by atoms with E-state index in [0.717, 1.165) is 30.5 Å². The molecule has 0 aliphatic carbocycles. The maximum atomic E-state index is 12.3. The molecule has 29 heavy (non-hydrogen) atoms. The number of hydrogen-bond acceptors (Lipinski definition) is 6. The molecule has 1 fully saturated rings. The molecule has 2 aromatic rings. The Bertz CT molecular complexity index is 925. The molecule has 8 nitrogen and oxygen atoms in total. The first-order chi connectivity index (χ1) is 14.1. The van der Waals surface area contributed by atoms with Gasteiger partial charge in [-0.05, 0) is 37.6 Å². The van der Waals surface area contributed by atoms with Crippen molar-refractivity contribution in [1.29, 1.82) is 0 Å². The quantitative estimate of drug-likeness (QED) is 0.614. The van der Waals surface area contributed by atoms with Crippen LogP contribution < -0.4 is 20.9 Å². The highest BCUT2D eigenvalue weighted by Crippen LogP contribution is 2.23. The average molecular weight is 397 g/mol. The second-order valence-corrected chi connectivity index (χ2v) is 6.95. The summed E-state index contributed by atoms with van der Waals surface area (Å²) in [5.74, 6) is 0.509. The lowest BCUT2D eigenvalue weighted by Crippen LogP contribution is -2.45. The monoisotopic (exact) mass is 397 g/mol. The normalized spacial score (nSPS) is 16.8. The van der Waals surface area contributed by atoms with Crippen LogP contribution in [0.5, 0.6) is 5.88 Å². The number of rotatable bonds is 7. The number of likely N-dealkylation sites (tertiary alicyclic amines) is 1. The molecular weight excluding hydrogens is 370 g/mol. The standard InChI is InChI=1S/C21H27N5O3/c1-22-8-3-6-20(27)26-10-4-5-17(14-26)25-18-11-16(13-24-21(18)28)15-7-9-23-19(12-15)29-2/h3,6-7,9,11-13,17,22,25H,4-5,8,10,14H2,1-2H3,(H,24,28)/t17-/m0/s1. The highest BCUT2D eigenvalue weighted by Gasteiger charge is 2.23. The fourth-order valence-electron chi connectivity index (χ4n) is 3.36. The number of pyridine rings is 2. The van der Waals surface area contributed by atoms with Gasteiger partial charge in [0.15, 0.2) is 0 Å². The van der Waals surface area contributed by atoms with Gasteiger partial charge in [0.2, 0.25) is 11.8 Å². The maximum Gasteiger partial charge on any atom is 0.271 e. The van der Waals surface area contributed by atoms with Crippen molar-refractivity contribution >= 4 is 11.6 Å². The molecule has 1 saturated heterocycles. The van der Waals surface area contributed by atoms with Crippen LogP contribution in [0.1, 0.15) is 12.8 Å². The number of anilines is 1. The molecule has 8 heteroatoms. The summed E-state index contributed by atoms with van der Waals surface area (Å²) in [6.07, 6.45) is 8.54. The van der Waals surface area contributed by atoms with Crippen molar-refractivity contribution < 1.29 is 9.53 Å². The molecular formula is C21H27N5O3. The van der Waals surface area contributed by atoms with Gasteiger partial charge in [-0.25, -0.2) is 4.98 Å². The van der Waals surface area contributed by atoms with Gasteiger partial charge in [0.1, 0.15) is 5.69 Å². The minimum atomic E-state index is -0.188. The van der Waals surface area contributed by atoms with E-state index in [-0.39, 0.29) is 17.5 Å². The summed E-state index contributed by atoms with van der Waals surface area (Å²) in [7, 11) is 3.40. The van der Waals surface area contributed by atoms with E-state index in [1.54, 1.807) is 25.6 Å². The van der Waals surface area contributed by atoms with Crippen LogP contribution in [0.2, 0.25) is 0 Å². The third-order valence-corrected chi connectivity index (χ3v) is 4.86. The van der Waals surface area contributed by atoms with Gasteiger partial charge >= 0.3 is 0 Å². The molecule has 0 unspecified atom stereocenters. The summed E-state index contributed by atoms with van der Waals surface area (Å²) < 4.78 is 5.18. The number of aromatic nitrogens is 2. The summed E-state index contributed by atoms with van der Waals surface area (Å²) in [4.78, 5) is 33.4. The number of nitrogens with zero attached hydrogens (tertiary/aromatic N) is 2. The van der Waals surface area contributed by atoms with Crippen LogP contribution in [0.25, 0.3) is 11.1 Å². The lowest BCUT2D eigenvalue weighted by atomic mass is 10.0. The summed E-state index contributed by atoms with van der Waals surface area (Å²) in [5.41, 5.74) is 2.05. The van der Waals surface area contributed by atoms with Gasteiger partial charge in [-0.3, -0.25) is 9.59 Å². The molecule has 1 aliphatic rings. The molecule has 1 aliphatic heterocycles. The zero-order chi connectivity index (χ0) is 20.6. The fraction of sp³-hybridized carbons (Fsp3) is 0.381. The van der Waals surface area contributed by atoms with E-state index in [0.29, 0.717) is 24.7 Å². The third-order valence-electron chi connectivity index (χ3n) is 4.86. The Balaban J connectivity index is 1.72. The molecule has 3 heterocycles. The highest BCUT2D eigenvalue weighted by molar-refractivity contribution is 5.87. The van der Waals surface area contributed by atoms with E-state index >= 15 is 0 Å². The summed E-state index contributed by atoms with van der Waals surface area (Å²) in [6, 6.07) is 5.52.